The van der Waals surface area contributed by atoms with Crippen molar-refractivity contribution in [2.45, 2.75) is 0 Å². The van der Waals surface area contributed by atoms with Crippen molar-refractivity contribution in [2.75, 3.05) is 6.61 Å². The van der Waals surface area contributed by atoms with Crippen molar-refractivity contribution in [1.82, 2.24) is 0 Å². The van der Waals surface area contributed by atoms with Gasteiger partial charge in [0.15, 0.2) is 0 Å². The van der Waals surface area contributed by atoms with Gasteiger partial charge >= 0.3 is 11.8 Å². The predicted octanol–water partition coefficient (Wildman–Crippen LogP) is -3.22. The third kappa shape index (κ3) is 2.88. The Balaban J connectivity index is 4.82. The molecule has 0 spiro atoms. The third-order valence-corrected chi connectivity index (χ3v) is 1.20. The van der Waals surface area contributed by atoms with E-state index in [0.717, 1.165) is 0 Å². The molecule has 15 heavy (non-hydrogen) atoms. The summed E-state index contributed by atoms with van der Waals surface area (Å²) in [7, 11) is 0. The molecular weight excluding hydrogens is 212 g/mol. The molecule has 1 N–H and O–H groups in total. The molecule has 79 valence electrons. The molecule has 1 radical (unpaired) electrons. The number of rotatable bonds is 6. The van der Waals surface area contributed by atoms with Crippen LogP contribution in [0.3, 0.4) is 0 Å². The van der Waals surface area contributed by atoms with E-state index in [1.165, 1.54) is 0 Å². The fraction of sp³-hybridized carbons (Fsp3) is 0.143. The number of carbonyl (C=O) groups excluding carboxylic acids is 6. The summed E-state index contributed by atoms with van der Waals surface area (Å²) in [6, 6.07) is 0. The largest absolute Gasteiger partial charge is 0.430 e. The van der Waals surface area contributed by atoms with Gasteiger partial charge in [0.1, 0.15) is 6.61 Å². The number of aliphatic hydroxyl groups is 1. The van der Waals surface area contributed by atoms with Crippen LogP contribution in [0.4, 0.5) is 0 Å². The van der Waals surface area contributed by atoms with E-state index in [0.29, 0.717) is 0 Å². The van der Waals surface area contributed by atoms with Crippen molar-refractivity contribution in [2.24, 2.45) is 0 Å². The average molecular weight is 215 g/mol. The molecule has 0 aromatic heterocycles. The molecule has 0 aliphatic rings. The van der Waals surface area contributed by atoms with Gasteiger partial charge in [-0.2, -0.15) is 0 Å². The minimum atomic E-state index is -2.46. The zero-order valence-corrected chi connectivity index (χ0v) is 7.01. The maximum Gasteiger partial charge on any atom is 0.430 e. The van der Waals surface area contributed by atoms with E-state index in [-0.39, 0.29) is 0 Å². The molecule has 0 saturated heterocycles. The Bertz CT molecular complexity index is 376. The molecule has 0 aromatic rings. The zero-order chi connectivity index (χ0) is 12.2. The van der Waals surface area contributed by atoms with Gasteiger partial charge < -0.3 is 5.11 Å². The Hall–Kier alpha value is -2.22. The first-order valence-electron chi connectivity index (χ1n) is 3.35. The summed E-state index contributed by atoms with van der Waals surface area (Å²) in [5.41, 5.74) is 0. The quantitative estimate of drug-likeness (QED) is 0.362. The summed E-state index contributed by atoms with van der Waals surface area (Å²) in [5, 5.41) is 18.0. The van der Waals surface area contributed by atoms with E-state index in [2.05, 4.69) is 0 Å². The number of carbonyl (C=O) groups is 6. The number of hydrogen-bond acceptors (Lipinski definition) is 7. The molecule has 0 unspecified atom stereocenters. The summed E-state index contributed by atoms with van der Waals surface area (Å²) in [4.78, 5) is 62.4. The lowest BCUT2D eigenvalue weighted by atomic mass is 10.1. The summed E-state index contributed by atoms with van der Waals surface area (Å²) < 4.78 is 0. The number of hydrogen-bond donors (Lipinski definition) is 1. The lowest BCUT2D eigenvalue weighted by molar-refractivity contribution is -0.159. The van der Waals surface area contributed by atoms with Gasteiger partial charge in [-0.15, -0.1) is 0 Å². The van der Waals surface area contributed by atoms with E-state index in [4.69, 9.17) is 5.11 Å². The predicted molar refractivity (Wildman–Crippen MR) is 37.8 cm³/mol. The fourth-order valence-corrected chi connectivity index (χ4v) is 0.497. The van der Waals surface area contributed by atoms with Crippen LogP contribution in [0.25, 0.3) is 0 Å². The second-order valence-electron chi connectivity index (χ2n) is 2.19. The van der Waals surface area contributed by atoms with E-state index in [1.807, 2.05) is 0 Å². The highest BCUT2D eigenvalue weighted by Gasteiger charge is 2.36. The first-order chi connectivity index (χ1) is 6.82. The second-order valence-corrected chi connectivity index (χ2v) is 2.19. The van der Waals surface area contributed by atoms with Gasteiger partial charge in [-0.05, 0) is 0 Å². The lowest BCUT2D eigenvalue weighted by Gasteiger charge is -1.92. The molecule has 8 nitrogen and oxygen atoms in total. The van der Waals surface area contributed by atoms with Crippen molar-refractivity contribution in [3.8, 4) is 0 Å². The van der Waals surface area contributed by atoms with Gasteiger partial charge in [0.2, 0.25) is 5.78 Å². The highest BCUT2D eigenvalue weighted by atomic mass is 16.4. The molecule has 0 rings (SSSR count). The first kappa shape index (κ1) is 12.8. The summed E-state index contributed by atoms with van der Waals surface area (Å²) in [6.45, 7) is -1.32. The molecule has 0 aliphatic carbocycles. The van der Waals surface area contributed by atoms with Crippen molar-refractivity contribution < 1.29 is 39.0 Å². The summed E-state index contributed by atoms with van der Waals surface area (Å²) in [6.07, 6.45) is 0. The normalized spacial score (nSPS) is 9.13. The molecule has 0 bridgehead atoms. The van der Waals surface area contributed by atoms with Crippen LogP contribution < -0.4 is 0 Å². The van der Waals surface area contributed by atoms with Crippen LogP contribution in [0.5, 0.6) is 0 Å². The minimum Gasteiger partial charge on any atom is -0.388 e. The number of aliphatic hydroxyl groups excluding tert-OH is 1. The van der Waals surface area contributed by atoms with Gasteiger partial charge in [-0.3, -0.25) is 24.0 Å². The van der Waals surface area contributed by atoms with Gasteiger partial charge in [-0.1, -0.05) is 0 Å². The molecule has 0 atom stereocenters. The van der Waals surface area contributed by atoms with E-state index >= 15 is 0 Å². The molecule has 0 heterocycles. The van der Waals surface area contributed by atoms with Crippen LogP contribution in [0, 0.1) is 0 Å². The molecule has 8 heteroatoms. The van der Waals surface area contributed by atoms with Crippen molar-refractivity contribution >= 4 is 34.9 Å². The molecular formula is C7H3O8. The third-order valence-electron chi connectivity index (χ3n) is 1.20. The van der Waals surface area contributed by atoms with Crippen LogP contribution in [-0.4, -0.2) is 46.6 Å². The van der Waals surface area contributed by atoms with Gasteiger partial charge in [0, 0.05) is 0 Å². The first-order valence-corrected chi connectivity index (χ1v) is 3.35. The Morgan fingerprint density at radius 1 is 0.733 bits per heavy atom. The Labute approximate surface area is 81.5 Å². The van der Waals surface area contributed by atoms with Crippen LogP contribution in [-0.2, 0) is 33.9 Å². The SMILES string of the molecule is [O]C(=O)C(=O)C(=O)C(=O)C(=O)C(=O)CO. The maximum absolute atomic E-state index is 10.6. The summed E-state index contributed by atoms with van der Waals surface area (Å²) >= 11 is 0. The standard InChI is InChI=1S/C7H3O8/c8-1-2(9)3(10)4(11)5(12)6(13)7(14)15/h8H,1H2. The lowest BCUT2D eigenvalue weighted by Crippen LogP contribution is -2.38. The van der Waals surface area contributed by atoms with Crippen LogP contribution in [0.2, 0.25) is 0 Å². The smallest absolute Gasteiger partial charge is 0.388 e. The number of ketones is 5. The topological polar surface area (TPSA) is 143 Å². The molecule has 0 amide bonds. The molecule has 0 aliphatic heterocycles. The van der Waals surface area contributed by atoms with E-state index in [1.54, 1.807) is 0 Å². The molecule has 0 fully saturated rings. The minimum absolute atomic E-state index is 1.32. The number of Topliss-reactive ketones (excluding diaryl/α,β-unsaturated/α-hetero) is 5. The Morgan fingerprint density at radius 3 is 1.47 bits per heavy atom. The van der Waals surface area contributed by atoms with Gasteiger partial charge in [0.05, 0.1) is 0 Å². The Kier molecular flexibility index (Phi) is 4.14. The van der Waals surface area contributed by atoms with Crippen LogP contribution in [0.15, 0.2) is 0 Å². The summed E-state index contributed by atoms with van der Waals surface area (Å²) in [5.74, 6) is -12.5. The highest BCUT2D eigenvalue weighted by Crippen LogP contribution is 1.87. The average Bonchev–Trinajstić information content (AvgIpc) is 2.23. The van der Waals surface area contributed by atoms with Crippen molar-refractivity contribution in [3.05, 3.63) is 0 Å². The zero-order valence-electron chi connectivity index (χ0n) is 7.01. The molecule has 0 aromatic carbocycles. The van der Waals surface area contributed by atoms with Crippen LogP contribution >= 0.6 is 0 Å². The monoisotopic (exact) mass is 215 g/mol. The van der Waals surface area contributed by atoms with Crippen LogP contribution in [0.1, 0.15) is 0 Å². The molecule has 0 saturated carbocycles. The Morgan fingerprint density at radius 2 is 1.13 bits per heavy atom. The van der Waals surface area contributed by atoms with Crippen molar-refractivity contribution in [1.29, 1.82) is 0 Å². The highest BCUT2D eigenvalue weighted by molar-refractivity contribution is 6.91. The second kappa shape index (κ2) is 4.86. The van der Waals surface area contributed by atoms with Gasteiger partial charge in [-0.25, -0.2) is 9.90 Å². The van der Waals surface area contributed by atoms with E-state index in [9.17, 15) is 33.9 Å². The fourth-order valence-electron chi connectivity index (χ4n) is 0.497. The maximum atomic E-state index is 10.6. The van der Waals surface area contributed by atoms with Crippen molar-refractivity contribution in [3.63, 3.8) is 0 Å². The van der Waals surface area contributed by atoms with Gasteiger partial charge in [0.25, 0.3) is 17.3 Å². The van der Waals surface area contributed by atoms with E-state index < -0.39 is 41.5 Å².